The van der Waals surface area contributed by atoms with Gasteiger partial charge in [0.2, 0.25) is 11.8 Å². The first-order valence-corrected chi connectivity index (χ1v) is 19.7. The Kier molecular flexibility index (Phi) is 14.6. The van der Waals surface area contributed by atoms with Gasteiger partial charge in [-0.15, -0.1) is 8.80 Å². The molecule has 0 bridgehead atoms. The number of hydrogen-bond donors (Lipinski definition) is 0. The van der Waals surface area contributed by atoms with Crippen LogP contribution in [0.5, 0.6) is 23.0 Å². The summed E-state index contributed by atoms with van der Waals surface area (Å²) in [7, 11) is -5.13. The van der Waals surface area contributed by atoms with E-state index in [1.807, 2.05) is 6.07 Å². The summed E-state index contributed by atoms with van der Waals surface area (Å²) >= 11 is 15.0. The monoisotopic (exact) mass is 917 g/mol. The summed E-state index contributed by atoms with van der Waals surface area (Å²) in [4.78, 5) is 0. The molecule has 0 amide bonds. The molecule has 0 aliphatic carbocycles. The van der Waals surface area contributed by atoms with Gasteiger partial charge in [-0.3, -0.25) is 0 Å². The second-order valence-electron chi connectivity index (χ2n) is 10.6. The smallest absolute Gasteiger partial charge is 0.416 e. The Balaban J connectivity index is 0.000000296. The third kappa shape index (κ3) is 13.3. The number of hydrogen-bond acceptors (Lipinski definition) is 9. The zero-order chi connectivity index (χ0) is 41.5. The van der Waals surface area contributed by atoms with Crippen molar-refractivity contribution in [1.82, 2.24) is 0 Å². The molecule has 0 aliphatic rings. The molecule has 55 heavy (non-hydrogen) atoms. The maximum atomic E-state index is 12.7. The fourth-order valence-corrected chi connectivity index (χ4v) is 5.86. The van der Waals surface area contributed by atoms with Crippen LogP contribution in [0.25, 0.3) is 0 Å². The highest BCUT2D eigenvalue weighted by Gasteiger charge is 2.32. The van der Waals surface area contributed by atoms with E-state index >= 15 is 0 Å². The summed E-state index contributed by atoms with van der Waals surface area (Å²) in [5.41, 5.74) is -1.50. The first-order chi connectivity index (χ1) is 25.3. The van der Waals surface area contributed by atoms with Crippen molar-refractivity contribution in [2.45, 2.75) is 12.4 Å². The van der Waals surface area contributed by atoms with Crippen molar-refractivity contribution in [3.05, 3.63) is 115 Å². The summed E-state index contributed by atoms with van der Waals surface area (Å²) in [5.74, 6) is -0.334. The number of methoxy groups -OCH3 is 2. The second kappa shape index (κ2) is 17.9. The van der Waals surface area contributed by atoms with Gasteiger partial charge in [-0.05, 0) is 88.7 Å². The molecule has 0 heterocycles. The zero-order valence-corrected chi connectivity index (χ0v) is 33.0. The average molecular weight is 919 g/mol. The summed E-state index contributed by atoms with van der Waals surface area (Å²) in [6.07, 6.45) is -7.33. The summed E-state index contributed by atoms with van der Waals surface area (Å²) in [6, 6.07) is 15.5. The van der Waals surface area contributed by atoms with Crippen LogP contribution >= 0.6 is 39.1 Å². The van der Waals surface area contributed by atoms with E-state index in [4.69, 9.17) is 42.1 Å². The fourth-order valence-electron chi connectivity index (χ4n) is 4.06. The normalized spacial score (nSPS) is 12.6. The van der Waals surface area contributed by atoms with Gasteiger partial charge >= 0.3 is 12.4 Å². The van der Waals surface area contributed by atoms with Gasteiger partial charge in [0.25, 0.3) is 20.0 Å². The van der Waals surface area contributed by atoms with E-state index in [0.29, 0.717) is 10.5 Å². The number of rotatable bonds is 8. The molecule has 0 spiro atoms. The molecular formula is C33H24BrCl2F6N3O8S2. The van der Waals surface area contributed by atoms with Crippen LogP contribution in [0.2, 0.25) is 10.0 Å². The minimum atomic E-state index is -4.56. The highest BCUT2D eigenvalue weighted by Crippen LogP contribution is 2.38. The molecule has 22 heteroatoms. The third-order valence-corrected chi connectivity index (χ3v) is 8.65. The highest BCUT2D eigenvalue weighted by atomic mass is 79.9. The van der Waals surface area contributed by atoms with E-state index in [1.54, 1.807) is 6.07 Å². The Hall–Kier alpha value is -4.55. The molecule has 4 aromatic carbocycles. The van der Waals surface area contributed by atoms with E-state index in [2.05, 4.69) is 24.7 Å². The Morgan fingerprint density at radius 3 is 1.44 bits per heavy atom. The van der Waals surface area contributed by atoms with Crippen molar-refractivity contribution in [3.8, 4) is 29.1 Å². The van der Waals surface area contributed by atoms with Crippen LogP contribution in [-0.4, -0.2) is 55.4 Å². The minimum Gasteiger partial charge on any atom is -0.480 e. The largest absolute Gasteiger partial charge is 0.480 e. The predicted octanol–water partition coefficient (Wildman–Crippen LogP) is 9.64. The Morgan fingerprint density at radius 1 is 0.673 bits per heavy atom. The van der Waals surface area contributed by atoms with Crippen LogP contribution in [0.3, 0.4) is 0 Å². The van der Waals surface area contributed by atoms with Gasteiger partial charge in [0.1, 0.15) is 23.0 Å². The second-order valence-corrected chi connectivity index (χ2v) is 15.6. The number of halogens is 9. The highest BCUT2D eigenvalue weighted by molar-refractivity contribution is 9.10. The molecule has 0 saturated carbocycles. The minimum absolute atomic E-state index is 0.00282. The van der Waals surface area contributed by atoms with Gasteiger partial charge in [-0.1, -0.05) is 23.2 Å². The maximum Gasteiger partial charge on any atom is 0.416 e. The standard InChI is InChI=1S/C17H12ClF3N2O4S.C16H12BrClF3NO4S/c1-26-16(23-28(2,24)25)13-8-12(5-3-10(13)9-22)27-15-6-4-11(7-14(15)18)17(19,20)21;1-25-15(22-27(2,23)24)11-8-10(4-5-12(11)17)26-14-6-3-9(7-13(14)18)16(19,20)21/h3-8H,1-2H3;3-8H,1-2H3. The third-order valence-electron chi connectivity index (χ3n) is 6.37. The van der Waals surface area contributed by atoms with Crippen molar-refractivity contribution >= 4 is 71.0 Å². The van der Waals surface area contributed by atoms with Crippen LogP contribution in [-0.2, 0) is 41.9 Å². The average Bonchev–Trinajstić information content (AvgIpc) is 3.07. The Bertz CT molecular complexity index is 2410. The van der Waals surface area contributed by atoms with Crippen molar-refractivity contribution in [2.75, 3.05) is 26.7 Å². The lowest BCUT2D eigenvalue weighted by molar-refractivity contribution is -0.138. The predicted molar refractivity (Wildman–Crippen MR) is 195 cm³/mol. The van der Waals surface area contributed by atoms with E-state index in [9.17, 15) is 48.4 Å². The molecule has 0 radical (unpaired) electrons. The topological polar surface area (TPSA) is 154 Å². The lowest BCUT2D eigenvalue weighted by atomic mass is 10.1. The van der Waals surface area contributed by atoms with Crippen molar-refractivity contribution < 1.29 is 62.1 Å². The maximum absolute atomic E-state index is 12.7. The molecule has 0 aliphatic heterocycles. The van der Waals surface area contributed by atoms with Gasteiger partial charge in [0.05, 0.1) is 70.7 Å². The summed E-state index contributed by atoms with van der Waals surface area (Å²) < 4.78 is 150. The summed E-state index contributed by atoms with van der Waals surface area (Å²) in [5, 5.41) is 8.70. The summed E-state index contributed by atoms with van der Waals surface area (Å²) in [6.45, 7) is 0. The van der Waals surface area contributed by atoms with Crippen LogP contribution < -0.4 is 9.47 Å². The van der Waals surface area contributed by atoms with Gasteiger partial charge < -0.3 is 18.9 Å². The van der Waals surface area contributed by atoms with E-state index < -0.39 is 43.5 Å². The van der Waals surface area contributed by atoms with Gasteiger partial charge in [-0.25, -0.2) is 16.8 Å². The lowest BCUT2D eigenvalue weighted by Gasteiger charge is -2.13. The number of nitriles is 1. The molecule has 0 atom stereocenters. The van der Waals surface area contributed by atoms with Gasteiger partial charge in [0.15, 0.2) is 0 Å². The molecule has 0 unspecified atom stereocenters. The number of nitrogens with zero attached hydrogens (tertiary/aromatic N) is 3. The molecule has 0 fully saturated rings. The van der Waals surface area contributed by atoms with Crippen LogP contribution in [0.1, 0.15) is 27.8 Å². The number of benzene rings is 4. The molecule has 0 aromatic heterocycles. The fraction of sp³-hybridized carbons (Fsp3) is 0.182. The number of ether oxygens (including phenoxy) is 4. The SMILES string of the molecule is COC(=NS(C)(=O)=O)c1cc(Oc2ccc(C(F)(F)F)cc2Cl)ccc1Br.COC(=NS(C)(=O)=O)c1cc(Oc2ccc(C(F)(F)F)cc2Cl)ccc1C#N. The molecule has 0 N–H and O–H groups in total. The van der Waals surface area contributed by atoms with Crippen molar-refractivity contribution in [2.24, 2.45) is 8.80 Å². The van der Waals surface area contributed by atoms with E-state index in [1.165, 1.54) is 44.6 Å². The van der Waals surface area contributed by atoms with Gasteiger partial charge in [-0.2, -0.15) is 31.6 Å². The molecule has 4 rings (SSSR count). The first kappa shape index (κ1) is 44.8. The molecule has 4 aromatic rings. The number of sulfonamides is 2. The van der Waals surface area contributed by atoms with Gasteiger partial charge in [0, 0.05) is 4.47 Å². The van der Waals surface area contributed by atoms with Crippen molar-refractivity contribution in [1.29, 1.82) is 5.26 Å². The van der Waals surface area contributed by atoms with Crippen molar-refractivity contribution in [3.63, 3.8) is 0 Å². The van der Waals surface area contributed by atoms with Crippen LogP contribution in [0.15, 0.2) is 86.1 Å². The first-order valence-electron chi connectivity index (χ1n) is 14.5. The quantitative estimate of drug-likeness (QED) is 0.0955. The Labute approximate surface area is 329 Å². The zero-order valence-electron chi connectivity index (χ0n) is 28.3. The molecule has 11 nitrogen and oxygen atoms in total. The van der Waals surface area contributed by atoms with E-state index in [-0.39, 0.29) is 61.5 Å². The molecule has 294 valence electrons. The van der Waals surface area contributed by atoms with Crippen LogP contribution in [0.4, 0.5) is 26.3 Å². The lowest BCUT2D eigenvalue weighted by Crippen LogP contribution is -2.09. The molecular weight excluding hydrogens is 895 g/mol. The Morgan fingerprint density at radius 2 is 1.07 bits per heavy atom. The van der Waals surface area contributed by atoms with Crippen LogP contribution in [0, 0.1) is 11.3 Å². The van der Waals surface area contributed by atoms with E-state index in [0.717, 1.165) is 42.8 Å². The number of alkyl halides is 6. The molecule has 0 saturated heterocycles.